The van der Waals surface area contributed by atoms with E-state index in [1.54, 1.807) is 22.9 Å². The predicted molar refractivity (Wildman–Crippen MR) is 85.4 cm³/mol. The van der Waals surface area contributed by atoms with Crippen LogP contribution in [-0.4, -0.2) is 14.9 Å². The number of rotatable bonds is 4. The first-order chi connectivity index (χ1) is 9.43. The van der Waals surface area contributed by atoms with Crippen LogP contribution in [0.15, 0.2) is 22.7 Å². The van der Waals surface area contributed by atoms with Gasteiger partial charge < -0.3 is 5.11 Å². The molecule has 0 spiro atoms. The molecule has 0 aliphatic rings. The van der Waals surface area contributed by atoms with Crippen molar-refractivity contribution in [3.05, 3.63) is 49.7 Å². The zero-order valence-electron chi connectivity index (χ0n) is 11.2. The summed E-state index contributed by atoms with van der Waals surface area (Å²) in [7, 11) is 1.87. The maximum atomic E-state index is 10.4. The van der Waals surface area contributed by atoms with Crippen LogP contribution in [0.4, 0.5) is 0 Å². The van der Waals surface area contributed by atoms with Crippen LogP contribution in [0.2, 0.25) is 10.0 Å². The molecule has 1 atom stereocenters. The van der Waals surface area contributed by atoms with Gasteiger partial charge in [0.2, 0.25) is 0 Å². The molecule has 0 radical (unpaired) electrons. The van der Waals surface area contributed by atoms with Crippen molar-refractivity contribution < 1.29 is 5.11 Å². The lowest BCUT2D eigenvalue weighted by molar-refractivity contribution is 0.175. The number of aliphatic hydroxyl groups is 1. The summed E-state index contributed by atoms with van der Waals surface area (Å²) in [6, 6.07) is 5.09. The first kappa shape index (κ1) is 15.8. The number of halogens is 3. The van der Waals surface area contributed by atoms with Gasteiger partial charge in [0.15, 0.2) is 0 Å². The maximum absolute atomic E-state index is 10.4. The minimum atomic E-state index is -0.724. The van der Waals surface area contributed by atoms with Crippen LogP contribution in [0.5, 0.6) is 0 Å². The highest BCUT2D eigenvalue weighted by Crippen LogP contribution is 2.31. The highest BCUT2D eigenvalue weighted by Gasteiger charge is 2.19. The Kier molecular flexibility index (Phi) is 5.13. The molecule has 1 aromatic carbocycles. The van der Waals surface area contributed by atoms with Crippen LogP contribution in [0.3, 0.4) is 0 Å². The van der Waals surface area contributed by atoms with Crippen molar-refractivity contribution in [2.75, 3.05) is 0 Å². The Morgan fingerprint density at radius 1 is 1.40 bits per heavy atom. The second-order valence-electron chi connectivity index (χ2n) is 4.57. The van der Waals surface area contributed by atoms with E-state index in [0.717, 1.165) is 22.3 Å². The topological polar surface area (TPSA) is 38.0 Å². The molecule has 1 aromatic heterocycles. The normalized spacial score (nSPS) is 12.7. The molecule has 0 bridgehead atoms. The summed E-state index contributed by atoms with van der Waals surface area (Å²) in [6.45, 7) is 2.04. The molecule has 0 aliphatic heterocycles. The summed E-state index contributed by atoms with van der Waals surface area (Å²) in [5, 5.41) is 15.9. The number of hydrogen-bond acceptors (Lipinski definition) is 2. The van der Waals surface area contributed by atoms with Gasteiger partial charge in [0.25, 0.3) is 0 Å². The molecule has 108 valence electrons. The summed E-state index contributed by atoms with van der Waals surface area (Å²) in [5.74, 6) is 0. The van der Waals surface area contributed by atoms with Crippen LogP contribution in [-0.2, 0) is 19.9 Å². The number of aromatic nitrogens is 2. The van der Waals surface area contributed by atoms with E-state index in [1.165, 1.54) is 0 Å². The fourth-order valence-corrected chi connectivity index (χ4v) is 3.31. The molecule has 1 unspecified atom stereocenters. The van der Waals surface area contributed by atoms with E-state index < -0.39 is 6.10 Å². The minimum absolute atomic E-state index is 0.421. The lowest BCUT2D eigenvalue weighted by atomic mass is 10.0. The van der Waals surface area contributed by atoms with Crippen LogP contribution in [0, 0.1) is 0 Å². The van der Waals surface area contributed by atoms with Crippen molar-refractivity contribution in [1.82, 2.24) is 9.78 Å². The maximum Gasteiger partial charge on any atom is 0.0860 e. The fourth-order valence-electron chi connectivity index (χ4n) is 2.10. The van der Waals surface area contributed by atoms with E-state index in [2.05, 4.69) is 21.0 Å². The number of nitrogens with zero attached hydrogens (tertiary/aromatic N) is 2. The molecule has 0 fully saturated rings. The van der Waals surface area contributed by atoms with Gasteiger partial charge in [-0.25, -0.2) is 0 Å². The molecule has 3 nitrogen and oxygen atoms in total. The van der Waals surface area contributed by atoms with Gasteiger partial charge in [-0.2, -0.15) is 5.10 Å². The quantitative estimate of drug-likeness (QED) is 0.861. The van der Waals surface area contributed by atoms with Gasteiger partial charge in [-0.05, 0) is 40.5 Å². The first-order valence-electron chi connectivity index (χ1n) is 6.27. The standard InChI is InChI=1S/C14H15BrCl2N2O/c1-3-11-14(15)12(19(2)18-11)7-13(20)9-6-8(16)4-5-10(9)17/h4-6,13,20H,3,7H2,1-2H3. The molecule has 2 rings (SSSR count). The molecule has 0 saturated heterocycles. The van der Waals surface area contributed by atoms with E-state index in [0.29, 0.717) is 22.0 Å². The molecule has 20 heavy (non-hydrogen) atoms. The van der Waals surface area contributed by atoms with Crippen LogP contribution in [0.1, 0.15) is 30.0 Å². The van der Waals surface area contributed by atoms with Gasteiger partial charge in [0.1, 0.15) is 0 Å². The lowest BCUT2D eigenvalue weighted by Gasteiger charge is -2.13. The third-order valence-electron chi connectivity index (χ3n) is 3.21. The van der Waals surface area contributed by atoms with E-state index in [9.17, 15) is 5.11 Å². The Morgan fingerprint density at radius 3 is 2.70 bits per heavy atom. The van der Waals surface area contributed by atoms with Crippen molar-refractivity contribution in [3.63, 3.8) is 0 Å². The molecule has 0 aliphatic carbocycles. The van der Waals surface area contributed by atoms with Crippen LogP contribution < -0.4 is 0 Å². The first-order valence-corrected chi connectivity index (χ1v) is 7.82. The van der Waals surface area contributed by atoms with E-state index >= 15 is 0 Å². The number of aliphatic hydroxyl groups excluding tert-OH is 1. The van der Waals surface area contributed by atoms with Crippen molar-refractivity contribution in [3.8, 4) is 0 Å². The summed E-state index contributed by atoms with van der Waals surface area (Å²) < 4.78 is 2.73. The van der Waals surface area contributed by atoms with E-state index in [4.69, 9.17) is 23.2 Å². The van der Waals surface area contributed by atoms with Gasteiger partial charge in [0, 0.05) is 29.1 Å². The van der Waals surface area contributed by atoms with Gasteiger partial charge >= 0.3 is 0 Å². The second kappa shape index (κ2) is 6.48. The van der Waals surface area contributed by atoms with Gasteiger partial charge in [0.05, 0.1) is 22.0 Å². The Bertz CT molecular complexity index is 628. The average molecular weight is 378 g/mol. The molecule has 0 saturated carbocycles. The summed E-state index contributed by atoms with van der Waals surface area (Å²) >= 11 is 15.6. The van der Waals surface area contributed by atoms with Crippen molar-refractivity contribution in [2.45, 2.75) is 25.9 Å². The Balaban J connectivity index is 2.30. The van der Waals surface area contributed by atoms with Crippen LogP contribution in [0.25, 0.3) is 0 Å². The third kappa shape index (κ3) is 3.19. The van der Waals surface area contributed by atoms with Gasteiger partial charge in [-0.1, -0.05) is 30.1 Å². The predicted octanol–water partition coefficient (Wildman–Crippen LogP) is 4.33. The molecular formula is C14H15BrCl2N2O. The number of hydrogen-bond donors (Lipinski definition) is 1. The van der Waals surface area contributed by atoms with Crippen molar-refractivity contribution >= 4 is 39.1 Å². The highest BCUT2D eigenvalue weighted by atomic mass is 79.9. The molecule has 0 amide bonds. The summed E-state index contributed by atoms with van der Waals surface area (Å²) in [5.41, 5.74) is 2.54. The van der Waals surface area contributed by atoms with E-state index in [1.807, 2.05) is 14.0 Å². The zero-order chi connectivity index (χ0) is 14.9. The molecule has 6 heteroatoms. The monoisotopic (exact) mass is 376 g/mol. The summed E-state index contributed by atoms with van der Waals surface area (Å²) in [4.78, 5) is 0. The average Bonchev–Trinajstić information content (AvgIpc) is 2.68. The second-order valence-corrected chi connectivity index (χ2v) is 6.21. The van der Waals surface area contributed by atoms with Gasteiger partial charge in [-0.3, -0.25) is 4.68 Å². The highest BCUT2D eigenvalue weighted by molar-refractivity contribution is 9.10. The largest absolute Gasteiger partial charge is 0.388 e. The Morgan fingerprint density at radius 2 is 2.10 bits per heavy atom. The Labute approximate surface area is 136 Å². The Hall–Kier alpha value is -0.550. The molecule has 2 aromatic rings. The number of benzene rings is 1. The SMILES string of the molecule is CCc1nn(C)c(CC(O)c2cc(Cl)ccc2Cl)c1Br. The van der Waals surface area contributed by atoms with E-state index in [-0.39, 0.29) is 0 Å². The summed E-state index contributed by atoms with van der Waals surface area (Å²) in [6.07, 6.45) is 0.532. The molecule has 1 N–H and O–H groups in total. The molecular weight excluding hydrogens is 363 g/mol. The third-order valence-corrected chi connectivity index (χ3v) is 4.70. The minimum Gasteiger partial charge on any atom is -0.388 e. The van der Waals surface area contributed by atoms with Gasteiger partial charge in [-0.15, -0.1) is 0 Å². The fraction of sp³-hybridized carbons (Fsp3) is 0.357. The van der Waals surface area contributed by atoms with Crippen LogP contribution >= 0.6 is 39.1 Å². The molecule has 1 heterocycles. The number of aryl methyl sites for hydroxylation is 2. The van der Waals surface area contributed by atoms with Crippen molar-refractivity contribution in [2.24, 2.45) is 7.05 Å². The zero-order valence-corrected chi connectivity index (χ0v) is 14.3. The van der Waals surface area contributed by atoms with Crippen molar-refractivity contribution in [1.29, 1.82) is 0 Å². The lowest BCUT2D eigenvalue weighted by Crippen LogP contribution is -2.07. The smallest absolute Gasteiger partial charge is 0.0860 e.